The molecule has 1 aliphatic rings. The van der Waals surface area contributed by atoms with Gasteiger partial charge in [0.1, 0.15) is 5.39 Å². The molecule has 3 heterocycles. The topological polar surface area (TPSA) is 101 Å². The molecule has 0 amide bonds. The Kier molecular flexibility index (Phi) is 5.83. The summed E-state index contributed by atoms with van der Waals surface area (Å²) in [5.41, 5.74) is 4.41. The molecule has 0 fully saturated rings. The molecule has 0 radical (unpaired) electrons. The molecule has 1 aliphatic heterocycles. The zero-order chi connectivity index (χ0) is 24.7. The summed E-state index contributed by atoms with van der Waals surface area (Å²) in [6.45, 7) is 7.81. The molecular formula is C26H26ClN7O. The van der Waals surface area contributed by atoms with Crippen LogP contribution >= 0.6 is 11.6 Å². The molecule has 5 rings (SSSR count). The molecule has 35 heavy (non-hydrogen) atoms. The van der Waals surface area contributed by atoms with E-state index in [9.17, 15) is 10.1 Å². The maximum Gasteiger partial charge on any atom is 0.278 e. The largest absolute Gasteiger partial charge is 0.324 e. The van der Waals surface area contributed by atoms with E-state index < -0.39 is 5.41 Å². The number of nitrogens with zero attached hydrogens (tertiary/aromatic N) is 5. The summed E-state index contributed by atoms with van der Waals surface area (Å²) in [6.07, 6.45) is 2.54. The minimum atomic E-state index is -0.795. The molecule has 8 nitrogen and oxygen atoms in total. The van der Waals surface area contributed by atoms with Gasteiger partial charge in [0.15, 0.2) is 5.65 Å². The summed E-state index contributed by atoms with van der Waals surface area (Å²) in [5, 5.41) is 17.3. The van der Waals surface area contributed by atoms with Gasteiger partial charge in [-0.15, -0.1) is 0 Å². The Labute approximate surface area is 208 Å². The van der Waals surface area contributed by atoms with Crippen LogP contribution in [0.25, 0.3) is 16.7 Å². The highest BCUT2D eigenvalue weighted by Gasteiger charge is 2.25. The smallest absolute Gasteiger partial charge is 0.278 e. The number of nitriles is 1. The molecule has 0 aliphatic carbocycles. The molecule has 9 heteroatoms. The SMILES string of the molecule is CCn1c(=O)c2cnc(Nc3ccc4c(c3)CCNC4)nc2n1-c1ccc(Cl)c(C(C)(C)C#N)c1. The van der Waals surface area contributed by atoms with Crippen molar-refractivity contribution in [3.8, 4) is 11.8 Å². The van der Waals surface area contributed by atoms with Crippen molar-refractivity contribution in [1.82, 2.24) is 24.6 Å². The minimum Gasteiger partial charge on any atom is -0.324 e. The quantitative estimate of drug-likeness (QED) is 0.431. The molecule has 178 valence electrons. The van der Waals surface area contributed by atoms with Gasteiger partial charge in [0.05, 0.1) is 17.2 Å². The van der Waals surface area contributed by atoms with Crippen molar-refractivity contribution < 1.29 is 0 Å². The van der Waals surface area contributed by atoms with Crippen LogP contribution in [0.5, 0.6) is 0 Å². The molecule has 4 aromatic rings. The first-order valence-corrected chi connectivity index (χ1v) is 12.0. The Bertz CT molecular complexity index is 1540. The highest BCUT2D eigenvalue weighted by atomic mass is 35.5. The number of nitrogens with one attached hydrogen (secondary N) is 2. The molecule has 0 saturated carbocycles. The molecule has 2 N–H and O–H groups in total. The average Bonchev–Trinajstić information content (AvgIpc) is 3.15. The van der Waals surface area contributed by atoms with Gasteiger partial charge < -0.3 is 10.6 Å². The third-order valence-electron chi connectivity index (χ3n) is 6.47. The second-order valence-electron chi connectivity index (χ2n) is 9.20. The lowest BCUT2D eigenvalue weighted by atomic mass is 9.86. The average molecular weight is 488 g/mol. The van der Waals surface area contributed by atoms with Crippen molar-refractivity contribution >= 4 is 34.3 Å². The molecule has 0 saturated heterocycles. The maximum absolute atomic E-state index is 13.1. The van der Waals surface area contributed by atoms with E-state index >= 15 is 0 Å². The van der Waals surface area contributed by atoms with Crippen LogP contribution in [0.3, 0.4) is 0 Å². The number of fused-ring (bicyclic) bond motifs is 2. The van der Waals surface area contributed by atoms with E-state index in [0.29, 0.717) is 39.8 Å². The van der Waals surface area contributed by atoms with Crippen LogP contribution in [0.15, 0.2) is 47.4 Å². The van der Waals surface area contributed by atoms with E-state index in [1.807, 2.05) is 39.0 Å². The van der Waals surface area contributed by atoms with Crippen LogP contribution in [0.1, 0.15) is 37.5 Å². The predicted molar refractivity (Wildman–Crippen MR) is 138 cm³/mol. The van der Waals surface area contributed by atoms with E-state index in [2.05, 4.69) is 33.8 Å². The summed E-state index contributed by atoms with van der Waals surface area (Å²) in [7, 11) is 0. The molecular weight excluding hydrogens is 462 g/mol. The summed E-state index contributed by atoms with van der Waals surface area (Å²) in [6, 6.07) is 14.0. The Morgan fingerprint density at radius 2 is 2.06 bits per heavy atom. The van der Waals surface area contributed by atoms with Crippen LogP contribution in [-0.2, 0) is 24.9 Å². The number of anilines is 2. The predicted octanol–water partition coefficient (Wildman–Crippen LogP) is 4.45. The van der Waals surface area contributed by atoms with Crippen molar-refractivity contribution in [2.45, 2.75) is 45.7 Å². The van der Waals surface area contributed by atoms with Gasteiger partial charge in [0.25, 0.3) is 5.56 Å². The van der Waals surface area contributed by atoms with Crippen molar-refractivity contribution in [2.75, 3.05) is 11.9 Å². The number of benzene rings is 2. The van der Waals surface area contributed by atoms with E-state index in [1.54, 1.807) is 21.6 Å². The molecule has 2 aromatic heterocycles. The third kappa shape index (κ3) is 4.07. The van der Waals surface area contributed by atoms with Gasteiger partial charge in [0.2, 0.25) is 5.95 Å². The molecule has 0 unspecified atom stereocenters. The summed E-state index contributed by atoms with van der Waals surface area (Å²) >= 11 is 6.44. The summed E-state index contributed by atoms with van der Waals surface area (Å²) in [5.74, 6) is 0.403. The Morgan fingerprint density at radius 3 is 2.83 bits per heavy atom. The first-order chi connectivity index (χ1) is 16.8. The number of rotatable bonds is 5. The second kappa shape index (κ2) is 8.84. The van der Waals surface area contributed by atoms with E-state index in [0.717, 1.165) is 25.2 Å². The fourth-order valence-corrected chi connectivity index (χ4v) is 4.86. The lowest BCUT2D eigenvalue weighted by molar-refractivity contribution is 0.573. The lowest BCUT2D eigenvalue weighted by Crippen LogP contribution is -2.23. The van der Waals surface area contributed by atoms with Crippen LogP contribution in [0, 0.1) is 11.3 Å². The molecule has 0 bridgehead atoms. The molecule has 0 atom stereocenters. The monoisotopic (exact) mass is 487 g/mol. The molecule has 2 aromatic carbocycles. The number of halogens is 1. The van der Waals surface area contributed by atoms with Gasteiger partial charge in [-0.05, 0) is 80.8 Å². The van der Waals surface area contributed by atoms with Crippen LogP contribution < -0.4 is 16.2 Å². The Morgan fingerprint density at radius 1 is 1.23 bits per heavy atom. The second-order valence-corrected chi connectivity index (χ2v) is 9.61. The van der Waals surface area contributed by atoms with Crippen molar-refractivity contribution in [1.29, 1.82) is 5.26 Å². The summed E-state index contributed by atoms with van der Waals surface area (Å²) in [4.78, 5) is 22.3. The standard InChI is InChI=1S/C26H26ClN7O/c1-4-33-24(35)20-14-30-25(31-18-6-5-17-13-29-10-9-16(17)11-18)32-23(20)34(33)19-7-8-22(27)21(12-19)26(2,3)15-28/h5-8,11-12,14,29H,4,9-10,13H2,1-3H3,(H,30,31,32). The summed E-state index contributed by atoms with van der Waals surface area (Å²) < 4.78 is 3.39. The van der Waals surface area contributed by atoms with Gasteiger partial charge in [-0.2, -0.15) is 10.2 Å². The zero-order valence-electron chi connectivity index (χ0n) is 19.9. The van der Waals surface area contributed by atoms with Crippen molar-refractivity contribution in [2.24, 2.45) is 0 Å². The number of aromatic nitrogens is 4. The van der Waals surface area contributed by atoms with Gasteiger partial charge in [-0.25, -0.2) is 14.3 Å². The third-order valence-corrected chi connectivity index (χ3v) is 6.80. The van der Waals surface area contributed by atoms with E-state index in [1.165, 1.54) is 11.1 Å². The van der Waals surface area contributed by atoms with E-state index in [-0.39, 0.29) is 5.56 Å². The molecule has 0 spiro atoms. The van der Waals surface area contributed by atoms with Gasteiger partial charge >= 0.3 is 0 Å². The normalized spacial score (nSPS) is 13.5. The van der Waals surface area contributed by atoms with Gasteiger partial charge in [0, 0.05) is 30.0 Å². The van der Waals surface area contributed by atoms with Gasteiger partial charge in [-0.3, -0.25) is 4.79 Å². The highest BCUT2D eigenvalue weighted by molar-refractivity contribution is 6.31. The zero-order valence-corrected chi connectivity index (χ0v) is 20.6. The first kappa shape index (κ1) is 23.1. The van der Waals surface area contributed by atoms with Crippen LogP contribution in [-0.4, -0.2) is 25.9 Å². The Balaban J connectivity index is 1.62. The fourth-order valence-electron chi connectivity index (χ4n) is 4.50. The lowest BCUT2D eigenvalue weighted by Gasteiger charge is -2.20. The fraction of sp³-hybridized carbons (Fsp3) is 0.308. The van der Waals surface area contributed by atoms with Crippen LogP contribution in [0.4, 0.5) is 11.6 Å². The van der Waals surface area contributed by atoms with Crippen LogP contribution in [0.2, 0.25) is 5.02 Å². The highest BCUT2D eigenvalue weighted by Crippen LogP contribution is 2.32. The van der Waals surface area contributed by atoms with Crippen molar-refractivity contribution in [3.63, 3.8) is 0 Å². The number of hydrogen-bond acceptors (Lipinski definition) is 6. The van der Waals surface area contributed by atoms with Crippen molar-refractivity contribution in [3.05, 3.63) is 74.7 Å². The minimum absolute atomic E-state index is 0.175. The van der Waals surface area contributed by atoms with E-state index in [4.69, 9.17) is 16.6 Å². The Hall–Kier alpha value is -3.67. The number of hydrogen-bond donors (Lipinski definition) is 2. The first-order valence-electron chi connectivity index (χ1n) is 11.6. The maximum atomic E-state index is 13.1. The van der Waals surface area contributed by atoms with Gasteiger partial charge in [-0.1, -0.05) is 17.7 Å².